The number of primary sulfonamides is 1. The molecule has 0 aliphatic carbocycles. The molecular weight excluding hydrogens is 573 g/mol. The minimum atomic E-state index is -4.18. The van der Waals surface area contributed by atoms with E-state index in [9.17, 15) is 21.6 Å². The second-order valence-electron chi connectivity index (χ2n) is 8.84. The molecule has 14 heteroatoms. The second kappa shape index (κ2) is 11.8. The molecule has 0 saturated carbocycles. The van der Waals surface area contributed by atoms with Crippen molar-refractivity contribution in [2.45, 2.75) is 42.5 Å². The summed E-state index contributed by atoms with van der Waals surface area (Å²) in [6.45, 7) is 4.19. The first-order valence-corrected chi connectivity index (χ1v) is 16.1. The molecular formula is C26H29N6O5S3+. The number of benzene rings is 2. The summed E-state index contributed by atoms with van der Waals surface area (Å²) in [5.74, 6) is -0.255. The highest BCUT2D eigenvalue weighted by atomic mass is 32.2. The Hall–Kier alpha value is -3.72. The second-order valence-corrected chi connectivity index (χ2v) is 13.1. The summed E-state index contributed by atoms with van der Waals surface area (Å²) in [5.41, 5.74) is 4.68. The molecule has 1 amide bonds. The fraction of sp³-hybridized carbons (Fsp3) is 0.231. The number of nitrogens with zero attached hydrogens (tertiary/aromatic N) is 4. The lowest BCUT2D eigenvalue weighted by molar-refractivity contribution is -0.698. The molecule has 210 valence electrons. The summed E-state index contributed by atoms with van der Waals surface area (Å²) in [6, 6.07) is 19.8. The standard InChI is InChI=1S/C26H28N6O5S3/c1-4-21-15-19(18-9-7-6-8-10-18)16-22(5-2)32(21)17-24(33)28-20-11-13-23(14-12-20)40(36,37)30-25-31(3)29-26(38-25)39(27,34)35/h6-16H,4-5,17H2,1-3H3,(H2-,27,28,33,34,35)/p+1/b30-25+. The Morgan fingerprint density at radius 1 is 0.975 bits per heavy atom. The Bertz CT molecular complexity index is 1800. The molecule has 0 fully saturated rings. The normalized spacial score (nSPS) is 12.4. The quantitative estimate of drug-likeness (QED) is 0.280. The fourth-order valence-electron chi connectivity index (χ4n) is 4.06. The molecule has 40 heavy (non-hydrogen) atoms. The smallest absolute Gasteiger partial charge is 0.290 e. The zero-order valence-corrected chi connectivity index (χ0v) is 24.6. The Morgan fingerprint density at radius 2 is 1.57 bits per heavy atom. The number of rotatable bonds is 9. The maximum Gasteiger partial charge on any atom is 0.290 e. The summed E-state index contributed by atoms with van der Waals surface area (Å²) in [7, 11) is -6.92. The Morgan fingerprint density at radius 3 is 2.10 bits per heavy atom. The van der Waals surface area contributed by atoms with Crippen molar-refractivity contribution >= 4 is 43.0 Å². The van der Waals surface area contributed by atoms with E-state index in [2.05, 4.69) is 39.1 Å². The summed E-state index contributed by atoms with van der Waals surface area (Å²) in [5, 5.41) is 11.6. The van der Waals surface area contributed by atoms with Gasteiger partial charge in [-0.3, -0.25) is 4.79 Å². The number of nitrogens with two attached hydrogens (primary N) is 1. The van der Waals surface area contributed by atoms with Crippen LogP contribution >= 0.6 is 11.3 Å². The average molecular weight is 602 g/mol. The first kappa shape index (κ1) is 29.3. The first-order chi connectivity index (χ1) is 18.9. The van der Waals surface area contributed by atoms with Crippen LogP contribution in [-0.2, 0) is 51.3 Å². The highest BCUT2D eigenvalue weighted by molar-refractivity contribution is 7.91. The Balaban J connectivity index is 1.53. The van der Waals surface area contributed by atoms with E-state index in [0.717, 1.165) is 40.0 Å². The molecule has 0 atom stereocenters. The predicted octanol–water partition coefficient (Wildman–Crippen LogP) is 2.14. The zero-order valence-electron chi connectivity index (χ0n) is 22.1. The molecule has 3 N–H and O–H groups in total. The van der Waals surface area contributed by atoms with Gasteiger partial charge in [-0.15, -0.1) is 9.50 Å². The molecule has 2 aromatic carbocycles. The molecule has 0 saturated heterocycles. The molecule has 11 nitrogen and oxygen atoms in total. The van der Waals surface area contributed by atoms with Gasteiger partial charge in [-0.25, -0.2) is 18.2 Å². The van der Waals surface area contributed by atoms with Crippen molar-refractivity contribution in [2.24, 2.45) is 16.6 Å². The number of pyridine rings is 1. The third kappa shape index (κ3) is 6.70. The van der Waals surface area contributed by atoms with E-state index >= 15 is 0 Å². The molecule has 4 aromatic rings. The van der Waals surface area contributed by atoms with E-state index in [1.807, 2.05) is 36.6 Å². The van der Waals surface area contributed by atoms with E-state index in [1.54, 1.807) is 0 Å². The zero-order chi connectivity index (χ0) is 29.1. The summed E-state index contributed by atoms with van der Waals surface area (Å²) in [6.07, 6.45) is 1.49. The third-order valence-corrected chi connectivity index (χ3v) is 9.74. The molecule has 2 heterocycles. The van der Waals surface area contributed by atoms with E-state index in [-0.39, 0.29) is 22.1 Å². The van der Waals surface area contributed by atoms with Gasteiger partial charge >= 0.3 is 0 Å². The number of hydrogen-bond acceptors (Lipinski definition) is 7. The summed E-state index contributed by atoms with van der Waals surface area (Å²) < 4.78 is 54.8. The van der Waals surface area contributed by atoms with Gasteiger partial charge in [-0.05, 0) is 35.4 Å². The van der Waals surface area contributed by atoms with Crippen LogP contribution in [0, 0.1) is 0 Å². The van der Waals surface area contributed by atoms with Crippen LogP contribution in [-0.4, -0.2) is 32.5 Å². The molecule has 0 aliphatic rings. The van der Waals surface area contributed by atoms with Crippen molar-refractivity contribution in [1.29, 1.82) is 0 Å². The van der Waals surface area contributed by atoms with Crippen LogP contribution in [0.3, 0.4) is 0 Å². The predicted molar refractivity (Wildman–Crippen MR) is 151 cm³/mol. The van der Waals surface area contributed by atoms with E-state index in [1.165, 1.54) is 31.3 Å². The Labute approximate surface area is 236 Å². The lowest BCUT2D eigenvalue weighted by Crippen LogP contribution is -2.47. The highest BCUT2D eigenvalue weighted by Gasteiger charge is 2.22. The monoisotopic (exact) mass is 601 g/mol. The number of aromatic nitrogens is 3. The number of sulfonamides is 2. The number of hydrogen-bond donors (Lipinski definition) is 2. The van der Waals surface area contributed by atoms with Gasteiger partial charge in [0.2, 0.25) is 15.7 Å². The lowest BCUT2D eigenvalue weighted by Gasteiger charge is -2.11. The molecule has 0 bridgehead atoms. The van der Waals surface area contributed by atoms with E-state index < -0.39 is 24.4 Å². The third-order valence-electron chi connectivity index (χ3n) is 6.04. The van der Waals surface area contributed by atoms with Gasteiger partial charge in [0.25, 0.3) is 26.0 Å². The van der Waals surface area contributed by atoms with Crippen LogP contribution < -0.4 is 19.8 Å². The molecule has 4 rings (SSSR count). The SMILES string of the molecule is CCc1cc(-c2ccccc2)cc(CC)[n+]1CC(=O)Nc1ccc(S(=O)(=O)/N=c2/sc(S(N)(=O)=O)nn2C)cc1. The van der Waals surface area contributed by atoms with Crippen LogP contribution in [0.1, 0.15) is 25.2 Å². The number of amides is 1. The van der Waals surface area contributed by atoms with Gasteiger partial charge in [0, 0.05) is 37.7 Å². The van der Waals surface area contributed by atoms with E-state index in [0.29, 0.717) is 17.0 Å². The van der Waals surface area contributed by atoms with Crippen LogP contribution in [0.4, 0.5) is 5.69 Å². The maximum atomic E-state index is 13.0. The van der Waals surface area contributed by atoms with E-state index in [4.69, 9.17) is 5.14 Å². The highest BCUT2D eigenvalue weighted by Crippen LogP contribution is 2.21. The number of anilines is 1. The Kier molecular flexibility index (Phi) is 8.63. The largest absolute Gasteiger partial charge is 0.321 e. The summed E-state index contributed by atoms with van der Waals surface area (Å²) in [4.78, 5) is 12.7. The minimum Gasteiger partial charge on any atom is -0.321 e. The molecule has 0 spiro atoms. The number of aryl methyl sites for hydroxylation is 3. The topological polar surface area (TPSA) is 157 Å². The van der Waals surface area contributed by atoms with Gasteiger partial charge in [0.15, 0.2) is 11.4 Å². The van der Waals surface area contributed by atoms with Crippen LogP contribution in [0.25, 0.3) is 11.1 Å². The van der Waals surface area contributed by atoms with Gasteiger partial charge in [-0.2, -0.15) is 13.0 Å². The average Bonchev–Trinajstić information content (AvgIpc) is 3.29. The minimum absolute atomic E-state index is 0.102. The molecule has 0 unspecified atom stereocenters. The van der Waals surface area contributed by atoms with Crippen LogP contribution in [0.15, 0.2) is 80.4 Å². The van der Waals surface area contributed by atoms with Crippen molar-refractivity contribution in [3.63, 3.8) is 0 Å². The summed E-state index contributed by atoms with van der Waals surface area (Å²) >= 11 is 0.540. The van der Waals surface area contributed by atoms with Crippen molar-refractivity contribution < 1.29 is 26.2 Å². The van der Waals surface area contributed by atoms with Gasteiger partial charge < -0.3 is 5.32 Å². The van der Waals surface area contributed by atoms with Crippen molar-refractivity contribution in [1.82, 2.24) is 9.78 Å². The number of nitrogens with one attached hydrogen (secondary N) is 1. The molecule has 0 aliphatic heterocycles. The van der Waals surface area contributed by atoms with Gasteiger partial charge in [0.05, 0.1) is 4.90 Å². The maximum absolute atomic E-state index is 13.0. The molecule has 0 radical (unpaired) electrons. The fourth-order valence-corrected chi connectivity index (χ4v) is 6.83. The number of carbonyl (C=O) groups is 1. The molecule has 2 aromatic heterocycles. The first-order valence-electron chi connectivity index (χ1n) is 12.3. The van der Waals surface area contributed by atoms with Gasteiger partial charge in [0.1, 0.15) is 0 Å². The van der Waals surface area contributed by atoms with Crippen LogP contribution in [0.5, 0.6) is 0 Å². The van der Waals surface area contributed by atoms with Crippen molar-refractivity contribution in [2.75, 3.05) is 5.32 Å². The lowest BCUT2D eigenvalue weighted by atomic mass is 10.0. The van der Waals surface area contributed by atoms with Crippen LogP contribution in [0.2, 0.25) is 0 Å². The van der Waals surface area contributed by atoms with Crippen molar-refractivity contribution in [3.8, 4) is 11.1 Å². The van der Waals surface area contributed by atoms with Crippen molar-refractivity contribution in [3.05, 3.63) is 82.9 Å². The number of carbonyl (C=O) groups excluding carboxylic acids is 1. The van der Waals surface area contributed by atoms with Gasteiger partial charge in [-0.1, -0.05) is 55.5 Å².